The van der Waals surface area contributed by atoms with Crippen molar-refractivity contribution in [2.45, 2.75) is 192 Å². The van der Waals surface area contributed by atoms with Gasteiger partial charge in [0.15, 0.2) is 0 Å². The van der Waals surface area contributed by atoms with E-state index >= 15 is 0 Å². The Bertz CT molecular complexity index is 1810. The summed E-state index contributed by atoms with van der Waals surface area (Å²) in [6.07, 6.45) is 15.2. The Morgan fingerprint density at radius 3 is 1.15 bits per heavy atom. The fraction of sp³-hybridized carbons (Fsp3) is 0.792. The molecule has 0 bridgehead atoms. The summed E-state index contributed by atoms with van der Waals surface area (Å²) in [6, 6.07) is -4.49. The zero-order chi connectivity index (χ0) is 59.6. The number of primary amides is 1. The molecule has 0 aromatic heterocycles. The van der Waals surface area contributed by atoms with Gasteiger partial charge < -0.3 is 82.3 Å². The molecular formula is C53H94N8O19. The van der Waals surface area contributed by atoms with Crippen molar-refractivity contribution in [1.82, 2.24) is 37.2 Å². The number of likely N-dealkylation sites (N-methyl/N-ethyl adjacent to an activating group) is 1. The highest BCUT2D eigenvalue weighted by atomic mass is 16.5. The molecule has 27 heteroatoms. The van der Waals surface area contributed by atoms with Crippen molar-refractivity contribution in [1.29, 1.82) is 0 Å². The van der Waals surface area contributed by atoms with Crippen LogP contribution in [-0.4, -0.2) is 189 Å². The second kappa shape index (κ2) is 50.0. The summed E-state index contributed by atoms with van der Waals surface area (Å²) in [5.74, 6) is -8.37. The maximum atomic E-state index is 12.6. The Hall–Kier alpha value is -6.03. The number of hydrogen-bond donors (Lipinski definition) is 12. The molecule has 460 valence electrons. The highest BCUT2D eigenvalue weighted by molar-refractivity contribution is 5.87. The molecule has 0 saturated carbocycles. The van der Waals surface area contributed by atoms with E-state index in [9.17, 15) is 68.1 Å². The smallest absolute Gasteiger partial charge is 0.326 e. The minimum absolute atomic E-state index is 0.00613. The zero-order valence-electron chi connectivity index (χ0n) is 47.0. The number of carboxylic acids is 4. The molecule has 0 aromatic carbocycles. The lowest BCUT2D eigenvalue weighted by Crippen LogP contribution is -2.44. The van der Waals surface area contributed by atoms with Gasteiger partial charge in [-0.2, -0.15) is 0 Å². The summed E-state index contributed by atoms with van der Waals surface area (Å²) in [6.45, 7) is 2.80. The minimum atomic E-state index is -1.41. The standard InChI is InChI=1S/C53H94N8O19/c1-2-55-39(50(54)70)19-17-18-28-56-43(62)25-23-42(53(75)76)61-48(67)38-80-36-34-78-32-30-58-47(66)37-79-35-33-77-31-29-57-44(63)26-22-40(51(71)72)60-46(65)27-24-41(52(73)74)59-45(64)20-15-13-11-9-7-5-3-4-6-8-10-12-14-16-21-49(68)69/h39-42,55H,2-38H2,1H3,(H2,54,70)(H,56,62)(H,57,63)(H,58,66)(H,59,64)(H,60,65)(H,61,67)(H,68,69)(H,71,72)(H,73,74)(H,75,76)/t39-,40-,41-,42-/m0/s1. The summed E-state index contributed by atoms with van der Waals surface area (Å²) in [5.41, 5.74) is 5.34. The lowest BCUT2D eigenvalue weighted by Gasteiger charge is -2.17. The van der Waals surface area contributed by atoms with Gasteiger partial charge in [-0.05, 0) is 57.9 Å². The molecule has 0 fully saturated rings. The van der Waals surface area contributed by atoms with E-state index < -0.39 is 90.1 Å². The van der Waals surface area contributed by atoms with E-state index in [4.69, 9.17) is 29.8 Å². The molecule has 0 unspecified atom stereocenters. The number of carbonyl (C=O) groups excluding carboxylic acids is 7. The van der Waals surface area contributed by atoms with Crippen molar-refractivity contribution in [3.8, 4) is 0 Å². The Labute approximate surface area is 469 Å². The number of carboxylic acid groups (broad SMARTS) is 4. The molecule has 80 heavy (non-hydrogen) atoms. The number of unbranched alkanes of at least 4 members (excludes halogenated alkanes) is 14. The zero-order valence-corrected chi connectivity index (χ0v) is 47.0. The van der Waals surface area contributed by atoms with Crippen molar-refractivity contribution >= 4 is 65.2 Å². The number of hydrogen-bond acceptors (Lipinski definition) is 16. The number of amides is 7. The highest BCUT2D eigenvalue weighted by Crippen LogP contribution is 2.14. The van der Waals surface area contributed by atoms with Crippen molar-refractivity contribution in [3.63, 3.8) is 0 Å². The summed E-state index contributed by atoms with van der Waals surface area (Å²) < 4.78 is 21.2. The van der Waals surface area contributed by atoms with Gasteiger partial charge in [0.25, 0.3) is 0 Å². The van der Waals surface area contributed by atoms with Gasteiger partial charge in [0, 0.05) is 51.7 Å². The molecule has 27 nitrogen and oxygen atoms in total. The molecule has 0 rings (SSSR count). The average Bonchev–Trinajstić information content (AvgIpc) is 3.40. The number of nitrogens with two attached hydrogens (primary N) is 1. The molecule has 0 aliphatic heterocycles. The van der Waals surface area contributed by atoms with Crippen molar-refractivity contribution < 1.29 is 92.1 Å². The first-order valence-corrected chi connectivity index (χ1v) is 28.3. The SMILES string of the molecule is CCN[C@@H](CCCCNC(=O)CC[C@H](NC(=O)COCCOCCNC(=O)COCCOCCNC(=O)CC[C@H](NC(=O)CC[C@H](NC(=O)CCCCCCCCCCCCCCCCC(=O)O)C(=O)O)C(=O)O)C(=O)O)C(N)=O. The molecule has 7 amide bonds. The third kappa shape index (κ3) is 45.8. The third-order valence-electron chi connectivity index (χ3n) is 12.3. The molecule has 0 aliphatic carbocycles. The lowest BCUT2D eigenvalue weighted by atomic mass is 10.0. The maximum absolute atomic E-state index is 12.6. The lowest BCUT2D eigenvalue weighted by molar-refractivity contribution is -0.143. The molecule has 4 atom stereocenters. The average molecular weight is 1150 g/mol. The highest BCUT2D eigenvalue weighted by Gasteiger charge is 2.25. The number of nitrogens with one attached hydrogen (secondary N) is 7. The number of ether oxygens (including phenoxy) is 4. The van der Waals surface area contributed by atoms with E-state index in [1.165, 1.54) is 25.7 Å². The van der Waals surface area contributed by atoms with Gasteiger partial charge in [-0.15, -0.1) is 0 Å². The normalized spacial score (nSPS) is 12.5. The predicted octanol–water partition coefficient (Wildman–Crippen LogP) is 1.41. The van der Waals surface area contributed by atoms with Crippen LogP contribution in [0.1, 0.15) is 167 Å². The van der Waals surface area contributed by atoms with Crippen molar-refractivity contribution in [3.05, 3.63) is 0 Å². The topological polar surface area (TPSA) is 416 Å². The molecule has 0 aromatic rings. The van der Waals surface area contributed by atoms with E-state index in [2.05, 4.69) is 37.2 Å². The second-order valence-electron chi connectivity index (χ2n) is 19.2. The van der Waals surface area contributed by atoms with Crippen LogP contribution in [0.15, 0.2) is 0 Å². The van der Waals surface area contributed by atoms with E-state index in [1.54, 1.807) is 0 Å². The first kappa shape index (κ1) is 74.0. The van der Waals surface area contributed by atoms with E-state index in [0.29, 0.717) is 38.8 Å². The fourth-order valence-electron chi connectivity index (χ4n) is 7.87. The predicted molar refractivity (Wildman–Crippen MR) is 291 cm³/mol. The Kier molecular flexibility index (Phi) is 46.2. The van der Waals surface area contributed by atoms with Gasteiger partial charge in [-0.3, -0.25) is 38.4 Å². The molecule has 0 spiro atoms. The summed E-state index contributed by atoms with van der Waals surface area (Å²) >= 11 is 0. The monoisotopic (exact) mass is 1150 g/mol. The van der Waals surface area contributed by atoms with E-state index in [-0.39, 0.29) is 117 Å². The van der Waals surface area contributed by atoms with Crippen LogP contribution in [0.2, 0.25) is 0 Å². The summed E-state index contributed by atoms with van der Waals surface area (Å²) in [4.78, 5) is 131. The number of carbonyl (C=O) groups is 11. The largest absolute Gasteiger partial charge is 0.481 e. The number of rotatable bonds is 56. The van der Waals surface area contributed by atoms with Crippen LogP contribution in [0.4, 0.5) is 0 Å². The number of aliphatic carboxylic acids is 4. The third-order valence-corrected chi connectivity index (χ3v) is 12.3. The Balaban J connectivity index is 4.01. The summed E-state index contributed by atoms with van der Waals surface area (Å²) in [5, 5.41) is 55.2. The summed E-state index contributed by atoms with van der Waals surface area (Å²) in [7, 11) is 0. The van der Waals surface area contributed by atoms with Gasteiger partial charge in [0.1, 0.15) is 31.3 Å². The molecule has 0 aliphatic rings. The van der Waals surface area contributed by atoms with Gasteiger partial charge in [0.2, 0.25) is 41.4 Å². The fourth-order valence-corrected chi connectivity index (χ4v) is 7.87. The van der Waals surface area contributed by atoms with Crippen molar-refractivity contribution in [2.24, 2.45) is 5.73 Å². The van der Waals surface area contributed by atoms with Crippen LogP contribution in [0.5, 0.6) is 0 Å². The second-order valence-corrected chi connectivity index (χ2v) is 19.2. The van der Waals surface area contributed by atoms with Crippen molar-refractivity contribution in [2.75, 3.05) is 79.0 Å². The van der Waals surface area contributed by atoms with Gasteiger partial charge >= 0.3 is 23.9 Å². The van der Waals surface area contributed by atoms with E-state index in [1.807, 2.05) is 6.92 Å². The van der Waals surface area contributed by atoms with Gasteiger partial charge in [-0.1, -0.05) is 84.0 Å². The van der Waals surface area contributed by atoms with Crippen LogP contribution in [0.25, 0.3) is 0 Å². The van der Waals surface area contributed by atoms with Crippen LogP contribution in [0, 0.1) is 0 Å². The molecule has 0 saturated heterocycles. The van der Waals surface area contributed by atoms with Crippen LogP contribution in [-0.2, 0) is 71.7 Å². The van der Waals surface area contributed by atoms with E-state index in [0.717, 1.165) is 57.8 Å². The minimum Gasteiger partial charge on any atom is -0.481 e. The molecule has 0 radical (unpaired) electrons. The van der Waals surface area contributed by atoms with Crippen LogP contribution < -0.4 is 43.0 Å². The molecular weight excluding hydrogens is 1050 g/mol. The molecule has 0 heterocycles. The maximum Gasteiger partial charge on any atom is 0.326 e. The van der Waals surface area contributed by atoms with Crippen LogP contribution in [0.3, 0.4) is 0 Å². The Morgan fingerprint density at radius 2 is 0.725 bits per heavy atom. The van der Waals surface area contributed by atoms with Gasteiger partial charge in [0.05, 0.1) is 45.7 Å². The van der Waals surface area contributed by atoms with Crippen LogP contribution >= 0.6 is 0 Å². The molecule has 13 N–H and O–H groups in total. The first-order chi connectivity index (χ1) is 38.4. The van der Waals surface area contributed by atoms with Gasteiger partial charge in [-0.25, -0.2) is 14.4 Å². The quantitative estimate of drug-likeness (QED) is 0.0383. The Morgan fingerprint density at radius 1 is 0.362 bits per heavy atom. The first-order valence-electron chi connectivity index (χ1n) is 28.3.